The maximum Gasteiger partial charge on any atom is 0.119 e. The van der Waals surface area contributed by atoms with Gasteiger partial charge in [0.05, 0.1) is 13.2 Å². The first-order valence-corrected chi connectivity index (χ1v) is 6.25. The van der Waals surface area contributed by atoms with Crippen LogP contribution in [0.5, 0.6) is 5.75 Å². The van der Waals surface area contributed by atoms with Crippen molar-refractivity contribution in [1.82, 2.24) is 0 Å². The number of ether oxygens (including phenoxy) is 1. The summed E-state index contributed by atoms with van der Waals surface area (Å²) in [4.78, 5) is 0. The minimum Gasteiger partial charge on any atom is -1.00 e. The number of benzene rings is 2. The molecular formula is C16H20ClNO. The molecule has 0 fully saturated rings. The van der Waals surface area contributed by atoms with E-state index in [2.05, 4.69) is 49.1 Å². The van der Waals surface area contributed by atoms with Crippen LogP contribution in [0.2, 0.25) is 0 Å². The highest BCUT2D eigenvalue weighted by atomic mass is 35.5. The molecule has 0 amide bonds. The summed E-state index contributed by atoms with van der Waals surface area (Å²) in [6.45, 7) is 2.13. The van der Waals surface area contributed by atoms with Crippen molar-refractivity contribution in [2.75, 3.05) is 7.11 Å². The number of hydrogen-bond donors (Lipinski definition) is 1. The van der Waals surface area contributed by atoms with Gasteiger partial charge in [0.25, 0.3) is 0 Å². The van der Waals surface area contributed by atoms with E-state index in [4.69, 9.17) is 4.74 Å². The summed E-state index contributed by atoms with van der Waals surface area (Å²) in [6, 6.07) is 17.3. The molecule has 0 aliphatic rings. The van der Waals surface area contributed by atoms with Crippen molar-refractivity contribution in [3.8, 4) is 16.9 Å². The van der Waals surface area contributed by atoms with Gasteiger partial charge in [-0.3, -0.25) is 0 Å². The molecule has 0 saturated carbocycles. The first kappa shape index (κ1) is 15.5. The Balaban J connectivity index is 0.00000180. The second-order valence-corrected chi connectivity index (χ2v) is 4.74. The van der Waals surface area contributed by atoms with Crippen molar-refractivity contribution in [3.05, 3.63) is 54.1 Å². The van der Waals surface area contributed by atoms with Gasteiger partial charge in [-0.15, -0.1) is 0 Å². The number of quaternary nitrogens is 1. The molecule has 19 heavy (non-hydrogen) atoms. The van der Waals surface area contributed by atoms with E-state index in [-0.39, 0.29) is 12.4 Å². The molecule has 1 atom stereocenters. The van der Waals surface area contributed by atoms with E-state index in [0.29, 0.717) is 6.04 Å². The highest BCUT2D eigenvalue weighted by molar-refractivity contribution is 5.65. The van der Waals surface area contributed by atoms with E-state index < -0.39 is 0 Å². The fourth-order valence-corrected chi connectivity index (χ4v) is 2.04. The van der Waals surface area contributed by atoms with Crippen LogP contribution in [-0.2, 0) is 6.42 Å². The smallest absolute Gasteiger partial charge is 0.119 e. The van der Waals surface area contributed by atoms with Gasteiger partial charge in [0.1, 0.15) is 5.75 Å². The Morgan fingerprint density at radius 3 is 2.32 bits per heavy atom. The molecule has 2 nitrogen and oxygen atoms in total. The summed E-state index contributed by atoms with van der Waals surface area (Å²) in [7, 11) is 1.69. The van der Waals surface area contributed by atoms with Crippen LogP contribution in [0.25, 0.3) is 11.1 Å². The van der Waals surface area contributed by atoms with Crippen LogP contribution in [0.4, 0.5) is 0 Å². The Labute approximate surface area is 121 Å². The van der Waals surface area contributed by atoms with Gasteiger partial charge in [-0.25, -0.2) is 0 Å². The maximum atomic E-state index is 5.24. The summed E-state index contributed by atoms with van der Waals surface area (Å²) in [6.07, 6.45) is 1.03. The monoisotopic (exact) mass is 277 g/mol. The lowest BCUT2D eigenvalue weighted by molar-refractivity contribution is -0.413. The van der Waals surface area contributed by atoms with Crippen molar-refractivity contribution >= 4 is 0 Å². The maximum absolute atomic E-state index is 5.24. The Bertz CT molecular complexity index is 508. The molecule has 0 aromatic heterocycles. The quantitative estimate of drug-likeness (QED) is 0.807. The average Bonchev–Trinajstić information content (AvgIpc) is 2.39. The molecule has 0 spiro atoms. The minimum absolute atomic E-state index is 0. The second-order valence-electron chi connectivity index (χ2n) is 4.74. The molecule has 0 saturated heterocycles. The average molecular weight is 278 g/mol. The number of hydrogen-bond acceptors (Lipinski definition) is 1. The normalized spacial score (nSPS) is 11.5. The van der Waals surface area contributed by atoms with Crippen molar-refractivity contribution in [2.24, 2.45) is 0 Å². The first-order valence-electron chi connectivity index (χ1n) is 6.25. The van der Waals surface area contributed by atoms with Gasteiger partial charge < -0.3 is 22.9 Å². The van der Waals surface area contributed by atoms with Crippen molar-refractivity contribution in [3.63, 3.8) is 0 Å². The molecule has 0 unspecified atom stereocenters. The zero-order chi connectivity index (χ0) is 13.0. The third-order valence-electron chi connectivity index (χ3n) is 2.94. The summed E-state index contributed by atoms with van der Waals surface area (Å²) in [5, 5.41) is 0. The minimum atomic E-state index is 0. The predicted octanol–water partition coefficient (Wildman–Crippen LogP) is -0.461. The Kier molecular flexibility index (Phi) is 5.87. The van der Waals surface area contributed by atoms with Crippen LogP contribution in [0.3, 0.4) is 0 Å². The Morgan fingerprint density at radius 2 is 1.74 bits per heavy atom. The Hall–Kier alpha value is -1.51. The summed E-state index contributed by atoms with van der Waals surface area (Å²) < 4.78 is 5.24. The first-order chi connectivity index (χ1) is 8.69. The van der Waals surface area contributed by atoms with E-state index in [1.165, 1.54) is 16.7 Å². The third kappa shape index (κ3) is 4.27. The van der Waals surface area contributed by atoms with E-state index >= 15 is 0 Å². The molecule has 102 valence electrons. The lowest BCUT2D eigenvalue weighted by Crippen LogP contribution is -3.00. The summed E-state index contributed by atoms with van der Waals surface area (Å²) in [5.41, 5.74) is 7.76. The molecule has 2 aromatic rings. The molecule has 0 aliphatic heterocycles. The van der Waals surface area contributed by atoms with Crippen LogP contribution in [0, 0.1) is 0 Å². The SMILES string of the molecule is COc1cccc(-c2ccc(C[C@@H](C)[NH3+])cc2)c1.[Cl-]. The van der Waals surface area contributed by atoms with E-state index in [1.807, 2.05) is 12.1 Å². The molecular weight excluding hydrogens is 258 g/mol. The summed E-state index contributed by atoms with van der Waals surface area (Å²) in [5.74, 6) is 0.892. The van der Waals surface area contributed by atoms with E-state index in [9.17, 15) is 0 Å². The number of halogens is 1. The van der Waals surface area contributed by atoms with Crippen molar-refractivity contribution in [1.29, 1.82) is 0 Å². The highest BCUT2D eigenvalue weighted by Crippen LogP contribution is 2.24. The number of methoxy groups -OCH3 is 1. The fraction of sp³-hybridized carbons (Fsp3) is 0.250. The van der Waals surface area contributed by atoms with Crippen LogP contribution in [-0.4, -0.2) is 13.2 Å². The van der Waals surface area contributed by atoms with Crippen LogP contribution < -0.4 is 22.9 Å². The lowest BCUT2D eigenvalue weighted by Gasteiger charge is -2.07. The third-order valence-corrected chi connectivity index (χ3v) is 2.94. The van der Waals surface area contributed by atoms with Gasteiger partial charge >= 0.3 is 0 Å². The standard InChI is InChI=1S/C16H19NO.ClH/c1-12(17)10-13-6-8-14(9-7-13)15-4-3-5-16(11-15)18-2;/h3-9,11-12H,10,17H2,1-2H3;1H/t12-;/m1./s1. The Morgan fingerprint density at radius 1 is 1.05 bits per heavy atom. The molecule has 3 heteroatoms. The van der Waals surface area contributed by atoms with E-state index in [0.717, 1.165) is 12.2 Å². The molecule has 2 rings (SSSR count). The topological polar surface area (TPSA) is 36.9 Å². The second kappa shape index (κ2) is 7.17. The van der Waals surface area contributed by atoms with Gasteiger partial charge in [0, 0.05) is 6.42 Å². The van der Waals surface area contributed by atoms with Crippen LogP contribution in [0.15, 0.2) is 48.5 Å². The van der Waals surface area contributed by atoms with Gasteiger partial charge in [0.15, 0.2) is 0 Å². The van der Waals surface area contributed by atoms with Gasteiger partial charge in [0.2, 0.25) is 0 Å². The van der Waals surface area contributed by atoms with Gasteiger partial charge in [-0.2, -0.15) is 0 Å². The fourth-order valence-electron chi connectivity index (χ4n) is 2.04. The predicted molar refractivity (Wildman–Crippen MR) is 74.5 cm³/mol. The van der Waals surface area contributed by atoms with Gasteiger partial charge in [-0.05, 0) is 35.7 Å². The zero-order valence-electron chi connectivity index (χ0n) is 11.4. The molecule has 0 heterocycles. The van der Waals surface area contributed by atoms with E-state index in [1.54, 1.807) is 7.11 Å². The van der Waals surface area contributed by atoms with Crippen LogP contribution in [0.1, 0.15) is 12.5 Å². The van der Waals surface area contributed by atoms with Crippen molar-refractivity contribution < 1.29 is 22.9 Å². The summed E-state index contributed by atoms with van der Waals surface area (Å²) >= 11 is 0. The number of rotatable bonds is 4. The largest absolute Gasteiger partial charge is 1.00 e. The molecule has 0 aliphatic carbocycles. The van der Waals surface area contributed by atoms with Crippen LogP contribution >= 0.6 is 0 Å². The highest BCUT2D eigenvalue weighted by Gasteiger charge is 2.02. The lowest BCUT2D eigenvalue weighted by atomic mass is 10.0. The molecule has 0 radical (unpaired) electrons. The molecule has 2 aromatic carbocycles. The van der Waals surface area contributed by atoms with Gasteiger partial charge in [-0.1, -0.05) is 36.4 Å². The zero-order valence-corrected chi connectivity index (χ0v) is 12.2. The van der Waals surface area contributed by atoms with Crippen molar-refractivity contribution in [2.45, 2.75) is 19.4 Å². The molecule has 3 N–H and O–H groups in total. The molecule has 0 bridgehead atoms.